The number of amides is 3. The summed E-state index contributed by atoms with van der Waals surface area (Å²) in [4.78, 5) is 43.0. The summed E-state index contributed by atoms with van der Waals surface area (Å²) in [7, 11) is -0.283. The highest BCUT2D eigenvalue weighted by Gasteiger charge is 2.33. The molecule has 0 spiro atoms. The maximum atomic E-state index is 13.9. The summed E-state index contributed by atoms with van der Waals surface area (Å²) in [5, 5.41) is 14.4. The lowest BCUT2D eigenvalue weighted by atomic mass is 10.1. The van der Waals surface area contributed by atoms with Gasteiger partial charge >= 0.3 is 6.09 Å². The number of hydrogen-bond acceptors (Lipinski definition) is 8. The molecule has 272 valence electrons. The third kappa shape index (κ3) is 12.4. The van der Waals surface area contributed by atoms with Crippen LogP contribution in [0.4, 0.5) is 10.5 Å². The molecule has 2 aromatic carbocycles. The molecule has 0 heterocycles. The quantitative estimate of drug-likeness (QED) is 0.233. The summed E-state index contributed by atoms with van der Waals surface area (Å²) in [5.41, 5.74) is -0.251. The minimum absolute atomic E-state index is 0.0489. The topological polar surface area (TPSA) is 146 Å². The predicted molar refractivity (Wildman–Crippen MR) is 197 cm³/mol. The fraction of sp³-hybridized carbons (Fsp3) is 0.543. The average molecular weight is 722 g/mol. The van der Waals surface area contributed by atoms with Gasteiger partial charge in [0, 0.05) is 50.5 Å². The van der Waals surface area contributed by atoms with E-state index in [9.17, 15) is 27.9 Å². The number of rotatable bonds is 16. The summed E-state index contributed by atoms with van der Waals surface area (Å²) < 4.78 is 39.4. The van der Waals surface area contributed by atoms with Gasteiger partial charge in [-0.1, -0.05) is 20.8 Å². The monoisotopic (exact) mass is 721 g/mol. The van der Waals surface area contributed by atoms with Crippen molar-refractivity contribution >= 4 is 47.5 Å². The number of ether oxygens (including phenoxy) is 2. The molecule has 2 aromatic rings. The number of carbonyl (C=O) groups is 3. The Morgan fingerprint density at radius 1 is 1.02 bits per heavy atom. The van der Waals surface area contributed by atoms with E-state index in [0.717, 1.165) is 6.42 Å². The van der Waals surface area contributed by atoms with Crippen molar-refractivity contribution in [2.75, 3.05) is 58.6 Å². The number of sulfonamides is 1. The molecule has 0 aromatic heterocycles. The van der Waals surface area contributed by atoms with Crippen LogP contribution in [0.2, 0.25) is 0 Å². The lowest BCUT2D eigenvalue weighted by molar-refractivity contribution is 0.0588. The largest absolute Gasteiger partial charge is 0.497 e. The SMILES string of the molecule is C=[P+](C)CC(NC(=O)c1cc(C(=O)N(C)CCC)cc(N(C)C(=O)OC(C)(C)C)c1)C(O)CN(CC(C)C)S(=O)(=O)c1ccc(OC)cc1. The molecule has 3 atom stereocenters. The Balaban J connectivity index is 2.51. The maximum absolute atomic E-state index is 13.9. The second-order valence-electron chi connectivity index (χ2n) is 13.6. The first kappa shape index (κ1) is 41.7. The number of methoxy groups -OCH3 is 1. The van der Waals surface area contributed by atoms with Gasteiger partial charge in [-0.15, -0.1) is 0 Å². The van der Waals surface area contributed by atoms with Crippen molar-refractivity contribution in [3.63, 3.8) is 0 Å². The van der Waals surface area contributed by atoms with Crippen molar-refractivity contribution in [1.29, 1.82) is 0 Å². The molecule has 14 heteroatoms. The van der Waals surface area contributed by atoms with E-state index >= 15 is 0 Å². The summed E-state index contributed by atoms with van der Waals surface area (Å²) in [6, 6.07) is 9.57. The van der Waals surface area contributed by atoms with Crippen molar-refractivity contribution in [3.8, 4) is 5.75 Å². The first-order valence-corrected chi connectivity index (χ1v) is 19.8. The van der Waals surface area contributed by atoms with Crippen LogP contribution >= 0.6 is 7.55 Å². The molecule has 3 amide bonds. The van der Waals surface area contributed by atoms with E-state index < -0.39 is 47.3 Å². The van der Waals surface area contributed by atoms with Gasteiger partial charge in [-0.3, -0.25) is 14.5 Å². The van der Waals surface area contributed by atoms with Crippen LogP contribution in [0, 0.1) is 5.92 Å². The van der Waals surface area contributed by atoms with Gasteiger partial charge < -0.3 is 24.8 Å². The first-order chi connectivity index (χ1) is 22.7. The molecule has 2 N–H and O–H groups in total. The van der Waals surface area contributed by atoms with Crippen LogP contribution in [0.1, 0.15) is 68.7 Å². The lowest BCUT2D eigenvalue weighted by Gasteiger charge is -2.29. The molecular formula is C35H54N4O8PS+. The van der Waals surface area contributed by atoms with Gasteiger partial charge in [0.2, 0.25) is 10.0 Å². The average Bonchev–Trinajstić information content (AvgIpc) is 3.01. The van der Waals surface area contributed by atoms with Gasteiger partial charge in [-0.2, -0.15) is 4.31 Å². The van der Waals surface area contributed by atoms with E-state index in [2.05, 4.69) is 11.6 Å². The third-order valence-electron chi connectivity index (χ3n) is 7.33. The second kappa shape index (κ2) is 17.9. The van der Waals surface area contributed by atoms with Crippen molar-refractivity contribution in [3.05, 3.63) is 53.6 Å². The summed E-state index contributed by atoms with van der Waals surface area (Å²) in [5.74, 6) is -0.501. The van der Waals surface area contributed by atoms with Gasteiger partial charge in [0.25, 0.3) is 11.8 Å². The zero-order valence-corrected chi connectivity index (χ0v) is 32.2. The summed E-state index contributed by atoms with van der Waals surface area (Å²) in [6.45, 7) is 13.1. The van der Waals surface area contributed by atoms with Crippen LogP contribution < -0.4 is 15.0 Å². The van der Waals surface area contributed by atoms with E-state index in [1.165, 1.54) is 58.6 Å². The molecule has 0 saturated carbocycles. The van der Waals surface area contributed by atoms with E-state index in [-0.39, 0.29) is 46.6 Å². The van der Waals surface area contributed by atoms with E-state index in [1.54, 1.807) is 40.0 Å². The second-order valence-corrected chi connectivity index (χ2v) is 17.6. The van der Waals surface area contributed by atoms with Gasteiger partial charge in [-0.05, 0) is 75.6 Å². The maximum Gasteiger partial charge on any atom is 0.414 e. The molecule has 0 aliphatic heterocycles. The van der Waals surface area contributed by atoms with Gasteiger partial charge in [0.15, 0.2) is 0 Å². The Morgan fingerprint density at radius 3 is 2.12 bits per heavy atom. The van der Waals surface area contributed by atoms with Crippen molar-refractivity contribution in [1.82, 2.24) is 14.5 Å². The molecule has 12 nitrogen and oxygen atoms in total. The van der Waals surface area contributed by atoms with Crippen LogP contribution in [0.5, 0.6) is 5.75 Å². The van der Waals surface area contributed by atoms with Crippen LogP contribution in [0.25, 0.3) is 0 Å². The van der Waals surface area contributed by atoms with Crippen LogP contribution in [0.15, 0.2) is 47.4 Å². The Labute approximate surface area is 293 Å². The number of carbonyl (C=O) groups excluding carboxylic acids is 3. The molecule has 0 aliphatic carbocycles. The van der Waals surface area contributed by atoms with E-state index in [1.807, 2.05) is 27.4 Å². The number of nitrogens with zero attached hydrogens (tertiary/aromatic N) is 3. The van der Waals surface area contributed by atoms with Crippen molar-refractivity contribution in [2.24, 2.45) is 5.92 Å². The lowest BCUT2D eigenvalue weighted by Crippen LogP contribution is -2.51. The molecule has 3 unspecified atom stereocenters. The standard InChI is InChI=1S/C35H53N4O8PS/c1-12-17-37(7)33(42)26-18-25(19-27(20-26)38(8)34(43)47-35(4,5)6)32(41)36-30(23-48(10)11)31(40)22-39(21-24(2)3)49(44,45)29-15-13-28(46-9)14-16-29/h13-16,18-20,24,30-31,40H,10,12,17,21-23H2,1-9,11H3/p+1. The Kier molecular flexibility index (Phi) is 15.3. The fourth-order valence-corrected chi connectivity index (χ4v) is 7.54. The molecule has 0 aliphatic rings. The zero-order valence-electron chi connectivity index (χ0n) is 30.5. The van der Waals surface area contributed by atoms with Gasteiger partial charge in [-0.25, -0.2) is 13.2 Å². The minimum atomic E-state index is -4.02. The smallest absolute Gasteiger partial charge is 0.414 e. The minimum Gasteiger partial charge on any atom is -0.497 e. The number of benzene rings is 2. The predicted octanol–water partition coefficient (Wildman–Crippen LogP) is 4.90. The molecule has 0 bridgehead atoms. The molecule has 0 radical (unpaired) electrons. The number of aliphatic hydroxyl groups is 1. The molecule has 0 saturated heterocycles. The number of nitrogens with one attached hydrogen (secondary N) is 1. The number of anilines is 1. The Bertz CT molecular complexity index is 1570. The molecule has 0 fully saturated rings. The van der Waals surface area contributed by atoms with Crippen molar-refractivity contribution in [2.45, 2.75) is 70.6 Å². The Morgan fingerprint density at radius 2 is 1.61 bits per heavy atom. The summed E-state index contributed by atoms with van der Waals surface area (Å²) >= 11 is 0. The van der Waals surface area contributed by atoms with Crippen LogP contribution in [0.3, 0.4) is 0 Å². The zero-order chi connectivity index (χ0) is 37.3. The van der Waals surface area contributed by atoms with Crippen LogP contribution in [-0.4, -0.2) is 118 Å². The van der Waals surface area contributed by atoms with Crippen LogP contribution in [-0.2, 0) is 14.8 Å². The molecule has 49 heavy (non-hydrogen) atoms. The Hall–Kier alpha value is -3.51. The summed E-state index contributed by atoms with van der Waals surface area (Å²) in [6.07, 6.45) is 3.14. The van der Waals surface area contributed by atoms with Crippen molar-refractivity contribution < 1.29 is 37.4 Å². The highest BCUT2D eigenvalue weighted by Crippen LogP contribution is 2.25. The van der Waals surface area contributed by atoms with E-state index in [4.69, 9.17) is 9.47 Å². The van der Waals surface area contributed by atoms with E-state index in [0.29, 0.717) is 18.5 Å². The van der Waals surface area contributed by atoms with Gasteiger partial charge in [0.05, 0.1) is 44.7 Å². The third-order valence-corrected chi connectivity index (χ3v) is 10.2. The fourth-order valence-electron chi connectivity index (χ4n) is 4.91. The molecule has 2 rings (SSSR count). The number of hydrogen-bond donors (Lipinski definition) is 2. The normalized spacial score (nSPS) is 13.4. The molecular weight excluding hydrogens is 667 g/mol. The first-order valence-electron chi connectivity index (χ1n) is 16.2. The number of aliphatic hydroxyl groups excluding tert-OH is 1. The highest BCUT2D eigenvalue weighted by molar-refractivity contribution is 7.89. The highest BCUT2D eigenvalue weighted by atomic mass is 32.2. The van der Waals surface area contributed by atoms with Gasteiger partial charge in [0.1, 0.15) is 17.5 Å².